The molecule has 0 amide bonds. The zero-order valence-electron chi connectivity index (χ0n) is 11.1. The number of H-pyrrole nitrogens is 1. The molecule has 0 spiro atoms. The molecule has 0 aliphatic heterocycles. The van der Waals surface area contributed by atoms with Crippen LogP contribution in [0.4, 0.5) is 0 Å². The molecule has 0 unspecified atom stereocenters. The Kier molecular flexibility index (Phi) is 3.69. The number of imidazole rings is 1. The molecule has 4 nitrogen and oxygen atoms in total. The highest BCUT2D eigenvalue weighted by Gasteiger charge is 2.07. The van der Waals surface area contributed by atoms with Crippen molar-refractivity contribution in [2.75, 3.05) is 6.61 Å². The Labute approximate surface area is 125 Å². The fourth-order valence-corrected chi connectivity index (χ4v) is 2.30. The molecule has 0 atom stereocenters. The van der Waals surface area contributed by atoms with E-state index in [0.29, 0.717) is 5.65 Å². The van der Waals surface area contributed by atoms with E-state index in [9.17, 15) is 0 Å². The van der Waals surface area contributed by atoms with Gasteiger partial charge in [-0.05, 0) is 40.5 Å². The smallest absolute Gasteiger partial charge is 0.178 e. The maximum atomic E-state index is 5.65. The Bertz CT molecular complexity index is 739. The van der Waals surface area contributed by atoms with Crippen LogP contribution in [0, 0.1) is 0 Å². The summed E-state index contributed by atoms with van der Waals surface area (Å²) in [6.45, 7) is 2.81. The van der Waals surface area contributed by atoms with Crippen LogP contribution in [0.25, 0.3) is 22.6 Å². The SMILES string of the molecule is CCCOc1cccc(-c2nc3ncc(Br)cc3[nH]2)c1. The molecule has 0 saturated heterocycles. The number of benzene rings is 1. The number of pyridine rings is 1. The lowest BCUT2D eigenvalue weighted by Gasteiger charge is -2.05. The Morgan fingerprint density at radius 2 is 2.20 bits per heavy atom. The molecular weight excluding hydrogens is 318 g/mol. The number of aromatic amines is 1. The lowest BCUT2D eigenvalue weighted by Crippen LogP contribution is -1.94. The van der Waals surface area contributed by atoms with Gasteiger partial charge in [0.1, 0.15) is 11.6 Å². The van der Waals surface area contributed by atoms with Crippen LogP contribution < -0.4 is 4.74 Å². The van der Waals surface area contributed by atoms with Gasteiger partial charge >= 0.3 is 0 Å². The van der Waals surface area contributed by atoms with Gasteiger partial charge in [-0.15, -0.1) is 0 Å². The summed E-state index contributed by atoms with van der Waals surface area (Å²) in [5.41, 5.74) is 2.62. The van der Waals surface area contributed by atoms with Crippen molar-refractivity contribution in [1.82, 2.24) is 15.0 Å². The first-order valence-corrected chi connectivity index (χ1v) is 7.30. The highest BCUT2D eigenvalue weighted by Crippen LogP contribution is 2.24. The van der Waals surface area contributed by atoms with Crippen LogP contribution >= 0.6 is 15.9 Å². The minimum atomic E-state index is 0.711. The monoisotopic (exact) mass is 331 g/mol. The molecule has 1 N–H and O–H groups in total. The molecule has 5 heteroatoms. The molecule has 1 aromatic carbocycles. The number of rotatable bonds is 4. The van der Waals surface area contributed by atoms with Crippen LogP contribution in [0.5, 0.6) is 5.75 Å². The molecule has 3 aromatic rings. The lowest BCUT2D eigenvalue weighted by molar-refractivity contribution is 0.317. The summed E-state index contributed by atoms with van der Waals surface area (Å²) < 4.78 is 6.58. The number of halogens is 1. The molecule has 2 heterocycles. The Hall–Kier alpha value is -1.88. The predicted molar refractivity (Wildman–Crippen MR) is 82.8 cm³/mol. The van der Waals surface area contributed by atoms with E-state index in [1.165, 1.54) is 0 Å². The van der Waals surface area contributed by atoms with Crippen molar-refractivity contribution in [2.45, 2.75) is 13.3 Å². The third-order valence-electron chi connectivity index (χ3n) is 2.88. The summed E-state index contributed by atoms with van der Waals surface area (Å²) in [4.78, 5) is 12.1. The van der Waals surface area contributed by atoms with Gasteiger partial charge in [0.25, 0.3) is 0 Å². The summed E-state index contributed by atoms with van der Waals surface area (Å²) in [5, 5.41) is 0. The fourth-order valence-electron chi connectivity index (χ4n) is 1.96. The van der Waals surface area contributed by atoms with E-state index in [-0.39, 0.29) is 0 Å². The minimum Gasteiger partial charge on any atom is -0.494 e. The first-order valence-electron chi connectivity index (χ1n) is 6.51. The van der Waals surface area contributed by atoms with E-state index < -0.39 is 0 Å². The van der Waals surface area contributed by atoms with E-state index >= 15 is 0 Å². The number of nitrogens with one attached hydrogen (secondary N) is 1. The molecule has 0 aliphatic carbocycles. The van der Waals surface area contributed by atoms with E-state index in [0.717, 1.165) is 40.2 Å². The number of nitrogens with zero attached hydrogens (tertiary/aromatic N) is 2. The van der Waals surface area contributed by atoms with E-state index in [1.807, 2.05) is 30.3 Å². The standard InChI is InChI=1S/C15H14BrN3O/c1-2-6-20-12-5-3-4-10(7-12)14-18-13-8-11(16)9-17-15(13)19-14/h3-5,7-9H,2,6H2,1H3,(H,17,18,19). The lowest BCUT2D eigenvalue weighted by atomic mass is 10.2. The van der Waals surface area contributed by atoms with Gasteiger partial charge in [0, 0.05) is 16.2 Å². The van der Waals surface area contributed by atoms with Crippen LogP contribution in [0.15, 0.2) is 41.0 Å². The molecule has 20 heavy (non-hydrogen) atoms. The van der Waals surface area contributed by atoms with Crippen LogP contribution in [0.2, 0.25) is 0 Å². The number of hydrogen-bond donors (Lipinski definition) is 1. The summed E-state index contributed by atoms with van der Waals surface area (Å²) >= 11 is 3.41. The summed E-state index contributed by atoms with van der Waals surface area (Å²) in [6.07, 6.45) is 2.74. The maximum absolute atomic E-state index is 5.65. The predicted octanol–water partition coefficient (Wildman–Crippen LogP) is 4.18. The minimum absolute atomic E-state index is 0.711. The summed E-state index contributed by atoms with van der Waals surface area (Å²) in [5.74, 6) is 1.66. The van der Waals surface area contributed by atoms with E-state index in [4.69, 9.17) is 4.74 Å². The van der Waals surface area contributed by atoms with Crippen LogP contribution in [-0.4, -0.2) is 21.6 Å². The van der Waals surface area contributed by atoms with Crippen molar-refractivity contribution >= 4 is 27.1 Å². The molecular formula is C15H14BrN3O. The number of aromatic nitrogens is 3. The normalized spacial score (nSPS) is 10.9. The number of hydrogen-bond acceptors (Lipinski definition) is 3. The topological polar surface area (TPSA) is 50.8 Å². The van der Waals surface area contributed by atoms with Gasteiger partial charge < -0.3 is 9.72 Å². The Balaban J connectivity index is 1.97. The van der Waals surface area contributed by atoms with Crippen molar-refractivity contribution in [3.63, 3.8) is 0 Å². The third-order valence-corrected chi connectivity index (χ3v) is 3.32. The zero-order valence-corrected chi connectivity index (χ0v) is 12.6. The highest BCUT2D eigenvalue weighted by molar-refractivity contribution is 9.10. The fraction of sp³-hybridized carbons (Fsp3) is 0.200. The molecule has 0 radical (unpaired) electrons. The average molecular weight is 332 g/mol. The van der Waals surface area contributed by atoms with Crippen molar-refractivity contribution < 1.29 is 4.74 Å². The second-order valence-electron chi connectivity index (χ2n) is 4.49. The van der Waals surface area contributed by atoms with Gasteiger partial charge in [-0.25, -0.2) is 9.97 Å². The van der Waals surface area contributed by atoms with Gasteiger partial charge in [0.15, 0.2) is 5.65 Å². The number of fused-ring (bicyclic) bond motifs is 1. The molecule has 2 aromatic heterocycles. The maximum Gasteiger partial charge on any atom is 0.178 e. The first kappa shape index (κ1) is 13.1. The van der Waals surface area contributed by atoms with E-state index in [1.54, 1.807) is 6.20 Å². The third kappa shape index (κ3) is 2.67. The average Bonchev–Trinajstić information content (AvgIpc) is 2.88. The molecule has 0 aliphatic rings. The molecule has 0 saturated carbocycles. The van der Waals surface area contributed by atoms with Gasteiger partial charge in [-0.2, -0.15) is 0 Å². The molecule has 102 valence electrons. The number of ether oxygens (including phenoxy) is 1. The molecule has 3 rings (SSSR count). The van der Waals surface area contributed by atoms with Crippen molar-refractivity contribution in [3.8, 4) is 17.1 Å². The summed E-state index contributed by atoms with van der Waals surface area (Å²) in [7, 11) is 0. The second kappa shape index (κ2) is 5.63. The molecule has 0 fully saturated rings. The van der Waals surface area contributed by atoms with E-state index in [2.05, 4.69) is 37.8 Å². The Morgan fingerprint density at radius 3 is 3.05 bits per heavy atom. The van der Waals surface area contributed by atoms with Crippen LogP contribution in [-0.2, 0) is 0 Å². The van der Waals surface area contributed by atoms with Gasteiger partial charge in [0.05, 0.1) is 12.1 Å². The first-order chi connectivity index (χ1) is 9.76. The summed E-state index contributed by atoms with van der Waals surface area (Å²) in [6, 6.07) is 9.89. The Morgan fingerprint density at radius 1 is 1.30 bits per heavy atom. The largest absolute Gasteiger partial charge is 0.494 e. The van der Waals surface area contributed by atoms with Crippen molar-refractivity contribution in [2.24, 2.45) is 0 Å². The van der Waals surface area contributed by atoms with Crippen LogP contribution in [0.1, 0.15) is 13.3 Å². The van der Waals surface area contributed by atoms with Crippen LogP contribution in [0.3, 0.4) is 0 Å². The second-order valence-corrected chi connectivity index (χ2v) is 5.40. The van der Waals surface area contributed by atoms with Crippen molar-refractivity contribution in [1.29, 1.82) is 0 Å². The van der Waals surface area contributed by atoms with Gasteiger partial charge in [0.2, 0.25) is 0 Å². The van der Waals surface area contributed by atoms with Gasteiger partial charge in [-0.3, -0.25) is 0 Å². The van der Waals surface area contributed by atoms with Crippen molar-refractivity contribution in [3.05, 3.63) is 41.0 Å². The molecule has 0 bridgehead atoms. The zero-order chi connectivity index (χ0) is 13.9. The highest BCUT2D eigenvalue weighted by atomic mass is 79.9. The van der Waals surface area contributed by atoms with Gasteiger partial charge in [-0.1, -0.05) is 19.1 Å². The quantitative estimate of drug-likeness (QED) is 0.780.